The SMILES string of the molecule is O=S(=O)(O)C1(C(Cl)Cl)CCCCC1. The summed E-state index contributed by atoms with van der Waals surface area (Å²) in [4.78, 5) is -1.05. The molecule has 13 heavy (non-hydrogen) atoms. The van der Waals surface area contributed by atoms with Crippen LogP contribution in [-0.4, -0.2) is 22.6 Å². The van der Waals surface area contributed by atoms with E-state index in [0.29, 0.717) is 12.8 Å². The fourth-order valence-electron chi connectivity index (χ4n) is 1.74. The van der Waals surface area contributed by atoms with Crippen LogP contribution in [-0.2, 0) is 10.1 Å². The van der Waals surface area contributed by atoms with Gasteiger partial charge >= 0.3 is 0 Å². The van der Waals surface area contributed by atoms with Crippen LogP contribution in [0.2, 0.25) is 0 Å². The monoisotopic (exact) mass is 246 g/mol. The predicted octanol–water partition coefficient (Wildman–Crippen LogP) is 2.38. The third kappa shape index (κ3) is 2.12. The molecule has 3 nitrogen and oxygen atoms in total. The Balaban J connectivity index is 3.00. The first kappa shape index (κ1) is 11.6. The van der Waals surface area contributed by atoms with Crippen molar-refractivity contribution in [2.24, 2.45) is 0 Å². The summed E-state index contributed by atoms with van der Waals surface area (Å²) >= 11 is 11.2. The molecule has 1 fully saturated rings. The smallest absolute Gasteiger partial charge is 0.273 e. The number of hydrogen-bond acceptors (Lipinski definition) is 2. The van der Waals surface area contributed by atoms with Crippen molar-refractivity contribution in [2.75, 3.05) is 0 Å². The third-order valence-corrected chi connectivity index (χ3v) is 5.38. The van der Waals surface area contributed by atoms with Crippen LogP contribution in [0.25, 0.3) is 0 Å². The number of hydrogen-bond donors (Lipinski definition) is 1. The average molecular weight is 247 g/mol. The highest BCUT2D eigenvalue weighted by Gasteiger charge is 2.48. The van der Waals surface area contributed by atoms with Gasteiger partial charge in [-0.2, -0.15) is 8.42 Å². The molecule has 0 heterocycles. The summed E-state index contributed by atoms with van der Waals surface area (Å²) in [6.45, 7) is 0. The molecule has 0 atom stereocenters. The lowest BCUT2D eigenvalue weighted by atomic mass is 9.89. The van der Waals surface area contributed by atoms with E-state index in [0.717, 1.165) is 19.3 Å². The summed E-state index contributed by atoms with van der Waals surface area (Å²) in [5.41, 5.74) is 0. The number of rotatable bonds is 2. The summed E-state index contributed by atoms with van der Waals surface area (Å²) in [5, 5.41) is 0. The average Bonchev–Trinajstić information content (AvgIpc) is 2.03. The molecule has 78 valence electrons. The van der Waals surface area contributed by atoms with Crippen molar-refractivity contribution in [3.63, 3.8) is 0 Å². The molecule has 0 saturated heterocycles. The number of halogens is 2. The van der Waals surface area contributed by atoms with Gasteiger partial charge in [-0.1, -0.05) is 19.3 Å². The van der Waals surface area contributed by atoms with Crippen molar-refractivity contribution in [1.82, 2.24) is 0 Å². The summed E-state index contributed by atoms with van der Waals surface area (Å²) < 4.78 is 30.0. The first-order valence-electron chi connectivity index (χ1n) is 4.15. The number of alkyl halides is 2. The van der Waals surface area contributed by atoms with Crippen molar-refractivity contribution in [1.29, 1.82) is 0 Å². The van der Waals surface area contributed by atoms with E-state index >= 15 is 0 Å². The molecule has 0 aromatic rings. The van der Waals surface area contributed by atoms with Crippen LogP contribution >= 0.6 is 23.2 Å². The van der Waals surface area contributed by atoms with Crippen LogP contribution in [0.3, 0.4) is 0 Å². The van der Waals surface area contributed by atoms with Gasteiger partial charge in [-0.3, -0.25) is 4.55 Å². The maximum Gasteiger partial charge on any atom is 0.273 e. The Hall–Kier alpha value is 0.490. The van der Waals surface area contributed by atoms with Crippen molar-refractivity contribution in [3.05, 3.63) is 0 Å². The van der Waals surface area contributed by atoms with E-state index in [4.69, 9.17) is 27.8 Å². The molecular formula is C7H12Cl2O3S. The van der Waals surface area contributed by atoms with E-state index in [1.807, 2.05) is 0 Å². The molecule has 0 amide bonds. The minimum atomic E-state index is -4.15. The van der Waals surface area contributed by atoms with Gasteiger partial charge < -0.3 is 0 Å². The van der Waals surface area contributed by atoms with E-state index < -0.39 is 19.7 Å². The lowest BCUT2D eigenvalue weighted by Gasteiger charge is -2.34. The zero-order chi connectivity index (χ0) is 10.1. The van der Waals surface area contributed by atoms with E-state index in [1.54, 1.807) is 0 Å². The maximum absolute atomic E-state index is 11.1. The molecule has 0 aromatic carbocycles. The van der Waals surface area contributed by atoms with Crippen molar-refractivity contribution < 1.29 is 13.0 Å². The van der Waals surface area contributed by atoms with Gasteiger partial charge in [0.2, 0.25) is 0 Å². The van der Waals surface area contributed by atoms with Crippen molar-refractivity contribution in [3.8, 4) is 0 Å². The molecule has 1 aliphatic rings. The van der Waals surface area contributed by atoms with E-state index in [9.17, 15) is 8.42 Å². The molecule has 1 N–H and O–H groups in total. The molecule has 0 aliphatic heterocycles. The summed E-state index contributed by atoms with van der Waals surface area (Å²) in [6, 6.07) is 0. The Morgan fingerprint density at radius 3 is 1.85 bits per heavy atom. The molecule has 0 unspecified atom stereocenters. The fraction of sp³-hybridized carbons (Fsp3) is 1.00. The Morgan fingerprint density at radius 1 is 1.15 bits per heavy atom. The Labute approximate surface area is 88.2 Å². The normalized spacial score (nSPS) is 23.4. The molecule has 0 bridgehead atoms. The highest BCUT2D eigenvalue weighted by Crippen LogP contribution is 2.41. The third-order valence-electron chi connectivity index (χ3n) is 2.61. The highest BCUT2D eigenvalue weighted by molar-refractivity contribution is 7.87. The quantitative estimate of drug-likeness (QED) is 0.602. The molecule has 1 rings (SSSR count). The second-order valence-corrected chi connectivity index (χ2v) is 6.26. The second kappa shape index (κ2) is 3.93. The summed E-state index contributed by atoms with van der Waals surface area (Å²) in [7, 11) is -4.15. The van der Waals surface area contributed by atoms with Gasteiger partial charge in [-0.05, 0) is 12.8 Å². The molecule has 0 radical (unpaired) electrons. The Kier molecular flexibility index (Phi) is 3.49. The van der Waals surface area contributed by atoms with Crippen LogP contribution in [0.1, 0.15) is 32.1 Å². The Bertz CT molecular complexity index is 267. The minimum absolute atomic E-state index is 0.351. The van der Waals surface area contributed by atoms with Gasteiger partial charge in [0.15, 0.2) is 0 Å². The standard InChI is InChI=1S/C7H12Cl2O3S/c8-6(9)7(13(10,11)12)4-2-1-3-5-7/h6H,1-5H2,(H,10,11,12). The fourth-order valence-corrected chi connectivity index (χ4v) is 3.88. The van der Waals surface area contributed by atoms with Crippen molar-refractivity contribution >= 4 is 33.3 Å². The molecule has 1 aliphatic carbocycles. The van der Waals surface area contributed by atoms with Crippen LogP contribution < -0.4 is 0 Å². The lowest BCUT2D eigenvalue weighted by molar-refractivity contribution is 0.351. The predicted molar refractivity (Wildman–Crippen MR) is 52.9 cm³/mol. The van der Waals surface area contributed by atoms with Gasteiger partial charge in [-0.15, -0.1) is 23.2 Å². The molecule has 0 aromatic heterocycles. The maximum atomic E-state index is 11.1. The van der Waals surface area contributed by atoms with E-state index in [1.165, 1.54) is 0 Å². The Morgan fingerprint density at radius 2 is 1.62 bits per heavy atom. The van der Waals surface area contributed by atoms with Crippen LogP contribution in [0, 0.1) is 0 Å². The van der Waals surface area contributed by atoms with Gasteiger partial charge in [0.05, 0.1) is 0 Å². The van der Waals surface area contributed by atoms with Crippen LogP contribution in [0.15, 0.2) is 0 Å². The zero-order valence-electron chi connectivity index (χ0n) is 7.04. The van der Waals surface area contributed by atoms with E-state index in [-0.39, 0.29) is 0 Å². The second-order valence-electron chi connectivity index (χ2n) is 3.40. The van der Waals surface area contributed by atoms with Gasteiger partial charge in [-0.25, -0.2) is 0 Å². The van der Waals surface area contributed by atoms with Crippen LogP contribution in [0.5, 0.6) is 0 Å². The van der Waals surface area contributed by atoms with Gasteiger partial charge in [0.1, 0.15) is 9.58 Å². The topological polar surface area (TPSA) is 54.4 Å². The molecule has 6 heteroatoms. The largest absolute Gasteiger partial charge is 0.285 e. The highest BCUT2D eigenvalue weighted by atomic mass is 35.5. The molecule has 0 spiro atoms. The van der Waals surface area contributed by atoms with Crippen LogP contribution in [0.4, 0.5) is 0 Å². The summed E-state index contributed by atoms with van der Waals surface area (Å²) in [5.74, 6) is 0. The first-order valence-corrected chi connectivity index (χ1v) is 6.47. The van der Waals surface area contributed by atoms with Gasteiger partial charge in [0.25, 0.3) is 10.1 Å². The summed E-state index contributed by atoms with van der Waals surface area (Å²) in [6.07, 6.45) is 3.16. The van der Waals surface area contributed by atoms with E-state index in [2.05, 4.69) is 0 Å². The molecule has 1 saturated carbocycles. The lowest BCUT2D eigenvalue weighted by Crippen LogP contribution is -2.45. The first-order chi connectivity index (χ1) is 5.90. The minimum Gasteiger partial charge on any atom is -0.285 e. The van der Waals surface area contributed by atoms with Crippen molar-refractivity contribution in [2.45, 2.75) is 41.7 Å². The zero-order valence-corrected chi connectivity index (χ0v) is 9.37. The van der Waals surface area contributed by atoms with Gasteiger partial charge in [0, 0.05) is 0 Å². The molecular weight excluding hydrogens is 235 g/mol.